The molecule has 5 nitrogen and oxygen atoms in total. The number of hydrogen-bond donors (Lipinski definition) is 1. The molecule has 98 valence electrons. The Labute approximate surface area is 111 Å². The molecule has 0 aliphatic rings. The number of ether oxygens (including phenoxy) is 1. The number of aryl methyl sites for hydroxylation is 3. The Morgan fingerprint density at radius 1 is 1.39 bits per heavy atom. The molecular weight excluding hydrogens is 248 g/mol. The van der Waals surface area contributed by atoms with Crippen LogP contribution < -0.4 is 10.1 Å². The summed E-state index contributed by atoms with van der Waals surface area (Å²) in [4.78, 5) is 4.42. The minimum atomic E-state index is 0.738. The van der Waals surface area contributed by atoms with Crippen LogP contribution in [-0.4, -0.2) is 21.9 Å². The van der Waals surface area contributed by atoms with Gasteiger partial charge in [0.1, 0.15) is 5.01 Å². The molecule has 6 heteroatoms. The third-order valence-electron chi connectivity index (χ3n) is 2.73. The molecule has 1 N–H and O–H groups in total. The van der Waals surface area contributed by atoms with E-state index in [1.54, 1.807) is 23.1 Å². The van der Waals surface area contributed by atoms with Crippen molar-refractivity contribution in [1.82, 2.24) is 20.1 Å². The van der Waals surface area contributed by atoms with Gasteiger partial charge in [-0.2, -0.15) is 5.10 Å². The molecule has 2 rings (SSSR count). The average molecular weight is 266 g/mol. The zero-order valence-corrected chi connectivity index (χ0v) is 12.0. The van der Waals surface area contributed by atoms with Crippen LogP contribution in [0.5, 0.6) is 5.88 Å². The Morgan fingerprint density at radius 2 is 2.17 bits per heavy atom. The Kier molecular flexibility index (Phi) is 3.98. The topological polar surface area (TPSA) is 52.0 Å². The van der Waals surface area contributed by atoms with Crippen molar-refractivity contribution in [2.45, 2.75) is 26.9 Å². The maximum absolute atomic E-state index is 5.35. The van der Waals surface area contributed by atoms with Gasteiger partial charge in [0.25, 0.3) is 0 Å². The second-order valence-electron chi connectivity index (χ2n) is 4.18. The number of thiazole rings is 1. The quantitative estimate of drug-likeness (QED) is 0.896. The van der Waals surface area contributed by atoms with Gasteiger partial charge in [0.2, 0.25) is 5.88 Å². The van der Waals surface area contributed by atoms with E-state index in [0.29, 0.717) is 0 Å². The zero-order valence-electron chi connectivity index (χ0n) is 11.1. The van der Waals surface area contributed by atoms with Crippen molar-refractivity contribution in [3.05, 3.63) is 27.3 Å². The summed E-state index contributed by atoms with van der Waals surface area (Å²) in [7, 11) is 3.56. The molecule has 0 aliphatic heterocycles. The number of methoxy groups -OCH3 is 1. The highest BCUT2D eigenvalue weighted by Gasteiger charge is 2.13. The first-order valence-corrected chi connectivity index (χ1v) is 6.68. The fourth-order valence-electron chi connectivity index (χ4n) is 1.92. The largest absolute Gasteiger partial charge is 0.481 e. The van der Waals surface area contributed by atoms with Crippen LogP contribution in [-0.2, 0) is 20.1 Å². The summed E-state index contributed by atoms with van der Waals surface area (Å²) in [6.07, 6.45) is 0. The van der Waals surface area contributed by atoms with Gasteiger partial charge in [0, 0.05) is 31.2 Å². The molecule has 0 atom stereocenters. The summed E-state index contributed by atoms with van der Waals surface area (Å²) in [5.74, 6) is 0.815. The normalized spacial score (nSPS) is 10.9. The molecule has 0 amide bonds. The smallest absolute Gasteiger partial charge is 0.216 e. The van der Waals surface area contributed by atoms with Crippen LogP contribution in [0.2, 0.25) is 0 Å². The van der Waals surface area contributed by atoms with E-state index >= 15 is 0 Å². The molecule has 0 aromatic carbocycles. The Balaban J connectivity index is 1.98. The van der Waals surface area contributed by atoms with Gasteiger partial charge in [-0.1, -0.05) is 0 Å². The molecule has 0 saturated carbocycles. The highest BCUT2D eigenvalue weighted by molar-refractivity contribution is 7.09. The van der Waals surface area contributed by atoms with Gasteiger partial charge >= 0.3 is 0 Å². The van der Waals surface area contributed by atoms with E-state index in [2.05, 4.69) is 20.8 Å². The van der Waals surface area contributed by atoms with Crippen LogP contribution in [0.4, 0.5) is 0 Å². The van der Waals surface area contributed by atoms with Crippen molar-refractivity contribution >= 4 is 11.3 Å². The minimum Gasteiger partial charge on any atom is -0.481 e. The third kappa shape index (κ3) is 2.70. The standard InChI is InChI=1S/C12H18N4OS/c1-8-7-18-11(14-8)6-13-5-10-9(2)15-16(3)12(10)17-4/h7,13H,5-6H2,1-4H3. The fourth-order valence-corrected chi connectivity index (χ4v) is 2.66. The highest BCUT2D eigenvalue weighted by Crippen LogP contribution is 2.20. The number of aromatic nitrogens is 3. The molecule has 2 aromatic rings. The average Bonchev–Trinajstić information content (AvgIpc) is 2.84. The summed E-state index contributed by atoms with van der Waals surface area (Å²) < 4.78 is 7.12. The van der Waals surface area contributed by atoms with E-state index < -0.39 is 0 Å². The number of nitrogens with zero attached hydrogens (tertiary/aromatic N) is 3. The van der Waals surface area contributed by atoms with Crippen molar-refractivity contribution in [1.29, 1.82) is 0 Å². The molecule has 0 spiro atoms. The molecule has 2 aromatic heterocycles. The molecule has 0 fully saturated rings. The molecule has 2 heterocycles. The summed E-state index contributed by atoms with van der Waals surface area (Å²) >= 11 is 1.68. The third-order valence-corrected chi connectivity index (χ3v) is 3.69. The summed E-state index contributed by atoms with van der Waals surface area (Å²) in [6, 6.07) is 0. The Bertz CT molecular complexity index is 532. The summed E-state index contributed by atoms with van der Waals surface area (Å²) in [5, 5.41) is 10.9. The predicted molar refractivity (Wildman–Crippen MR) is 71.9 cm³/mol. The maximum atomic E-state index is 5.35. The molecule has 0 unspecified atom stereocenters. The fraction of sp³-hybridized carbons (Fsp3) is 0.500. The van der Waals surface area contributed by atoms with Gasteiger partial charge in [-0.3, -0.25) is 0 Å². The van der Waals surface area contributed by atoms with Crippen LogP contribution >= 0.6 is 11.3 Å². The number of hydrogen-bond acceptors (Lipinski definition) is 5. The lowest BCUT2D eigenvalue weighted by atomic mass is 10.2. The number of nitrogens with one attached hydrogen (secondary N) is 1. The lowest BCUT2D eigenvalue weighted by Crippen LogP contribution is -2.13. The predicted octanol–water partition coefficient (Wildman–Crippen LogP) is 1.79. The van der Waals surface area contributed by atoms with Crippen LogP contribution in [0.15, 0.2) is 5.38 Å². The van der Waals surface area contributed by atoms with Crippen molar-refractivity contribution in [3.63, 3.8) is 0 Å². The van der Waals surface area contributed by atoms with Gasteiger partial charge in [0.15, 0.2) is 0 Å². The lowest BCUT2D eigenvalue weighted by molar-refractivity contribution is 0.368. The molecule has 0 radical (unpaired) electrons. The highest BCUT2D eigenvalue weighted by atomic mass is 32.1. The van der Waals surface area contributed by atoms with Gasteiger partial charge in [-0.25, -0.2) is 9.67 Å². The molecule has 18 heavy (non-hydrogen) atoms. The zero-order chi connectivity index (χ0) is 13.1. The van der Waals surface area contributed by atoms with E-state index in [1.165, 1.54) is 0 Å². The molecule has 0 saturated heterocycles. The van der Waals surface area contributed by atoms with Crippen LogP contribution in [0.3, 0.4) is 0 Å². The van der Waals surface area contributed by atoms with Crippen molar-refractivity contribution in [2.24, 2.45) is 7.05 Å². The van der Waals surface area contributed by atoms with E-state index in [-0.39, 0.29) is 0 Å². The van der Waals surface area contributed by atoms with Crippen LogP contribution in [0, 0.1) is 13.8 Å². The SMILES string of the molecule is COc1c(CNCc2nc(C)cs2)c(C)nn1C. The Morgan fingerprint density at radius 3 is 2.78 bits per heavy atom. The lowest BCUT2D eigenvalue weighted by Gasteiger charge is -2.05. The summed E-state index contributed by atoms with van der Waals surface area (Å²) in [5.41, 5.74) is 3.18. The maximum Gasteiger partial charge on any atom is 0.216 e. The van der Waals surface area contributed by atoms with E-state index in [0.717, 1.165) is 40.9 Å². The van der Waals surface area contributed by atoms with Gasteiger partial charge in [0.05, 0.1) is 18.4 Å². The van der Waals surface area contributed by atoms with Crippen molar-refractivity contribution in [3.8, 4) is 5.88 Å². The first kappa shape index (κ1) is 13.0. The van der Waals surface area contributed by atoms with Gasteiger partial charge in [-0.05, 0) is 13.8 Å². The van der Waals surface area contributed by atoms with Gasteiger partial charge < -0.3 is 10.1 Å². The van der Waals surface area contributed by atoms with Crippen LogP contribution in [0.25, 0.3) is 0 Å². The first-order chi connectivity index (χ1) is 8.61. The second-order valence-corrected chi connectivity index (χ2v) is 5.13. The van der Waals surface area contributed by atoms with E-state index in [4.69, 9.17) is 4.74 Å². The summed E-state index contributed by atoms with van der Waals surface area (Å²) in [6.45, 7) is 5.51. The van der Waals surface area contributed by atoms with Gasteiger partial charge in [-0.15, -0.1) is 11.3 Å². The minimum absolute atomic E-state index is 0.738. The number of rotatable bonds is 5. The molecule has 0 bridgehead atoms. The second kappa shape index (κ2) is 5.49. The molecule has 0 aliphatic carbocycles. The molecular formula is C12H18N4OS. The van der Waals surface area contributed by atoms with Crippen molar-refractivity contribution in [2.75, 3.05) is 7.11 Å². The first-order valence-electron chi connectivity index (χ1n) is 5.80. The van der Waals surface area contributed by atoms with E-state index in [9.17, 15) is 0 Å². The van der Waals surface area contributed by atoms with Crippen molar-refractivity contribution < 1.29 is 4.74 Å². The monoisotopic (exact) mass is 266 g/mol. The van der Waals surface area contributed by atoms with Crippen LogP contribution in [0.1, 0.15) is 22.0 Å². The Hall–Kier alpha value is -1.40. The van der Waals surface area contributed by atoms with E-state index in [1.807, 2.05) is 20.9 Å².